The second kappa shape index (κ2) is 5.73. The number of fused-ring (bicyclic) bond motifs is 1. The Morgan fingerprint density at radius 1 is 1.43 bits per heavy atom. The van der Waals surface area contributed by atoms with Gasteiger partial charge in [-0.3, -0.25) is 14.9 Å². The van der Waals surface area contributed by atoms with Gasteiger partial charge in [0.05, 0.1) is 16.4 Å². The highest BCUT2D eigenvalue weighted by atomic mass is 32.1. The fourth-order valence-electron chi connectivity index (χ4n) is 2.10. The first-order chi connectivity index (χ1) is 11.0. The number of nitrogens with one attached hydrogen (secondary N) is 1. The zero-order valence-electron chi connectivity index (χ0n) is 11.9. The predicted molar refractivity (Wildman–Crippen MR) is 86.8 cm³/mol. The molecule has 0 aliphatic carbocycles. The molecule has 1 aromatic carbocycles. The van der Waals surface area contributed by atoms with Gasteiger partial charge >= 0.3 is 0 Å². The smallest absolute Gasteiger partial charge is 0.272 e. The molecule has 1 N–H and O–H groups in total. The van der Waals surface area contributed by atoms with E-state index in [9.17, 15) is 19.3 Å². The van der Waals surface area contributed by atoms with Crippen LogP contribution in [0, 0.1) is 15.9 Å². The van der Waals surface area contributed by atoms with E-state index in [1.54, 1.807) is 18.4 Å². The molecular formula is C15H10FN3O3S. The fraction of sp³-hybridized carbons (Fsp3) is 0.0667. The van der Waals surface area contributed by atoms with Crippen molar-refractivity contribution in [2.45, 2.75) is 6.92 Å². The van der Waals surface area contributed by atoms with Gasteiger partial charge in [0.15, 0.2) is 0 Å². The number of halogens is 1. The molecule has 116 valence electrons. The average molecular weight is 331 g/mol. The van der Waals surface area contributed by atoms with Crippen LogP contribution in [0.25, 0.3) is 21.9 Å². The molecule has 2 aromatic heterocycles. The van der Waals surface area contributed by atoms with E-state index in [0.29, 0.717) is 21.6 Å². The summed E-state index contributed by atoms with van der Waals surface area (Å²) in [5.41, 5.74) is 0.152. The first-order valence-corrected chi connectivity index (χ1v) is 7.44. The summed E-state index contributed by atoms with van der Waals surface area (Å²) in [5, 5.41) is 12.9. The van der Waals surface area contributed by atoms with E-state index in [1.165, 1.54) is 29.5 Å². The van der Waals surface area contributed by atoms with Gasteiger partial charge in [-0.15, -0.1) is 11.3 Å². The van der Waals surface area contributed by atoms with Gasteiger partial charge in [0.1, 0.15) is 16.5 Å². The third kappa shape index (κ3) is 2.88. The Balaban J connectivity index is 2.04. The van der Waals surface area contributed by atoms with E-state index < -0.39 is 10.7 Å². The van der Waals surface area contributed by atoms with Crippen LogP contribution in [-0.2, 0) is 0 Å². The minimum atomic E-state index is -0.710. The molecule has 0 radical (unpaired) electrons. The van der Waals surface area contributed by atoms with Crippen LogP contribution in [0.2, 0.25) is 0 Å². The number of nitrogens with zero attached hydrogens (tertiary/aromatic N) is 2. The molecule has 0 bridgehead atoms. The van der Waals surface area contributed by atoms with Gasteiger partial charge in [0, 0.05) is 11.6 Å². The molecule has 0 aliphatic heterocycles. The van der Waals surface area contributed by atoms with Crippen LogP contribution < -0.4 is 5.56 Å². The number of hydrogen-bond acceptors (Lipinski definition) is 5. The summed E-state index contributed by atoms with van der Waals surface area (Å²) in [5.74, 6) is -0.374. The Labute approximate surface area is 133 Å². The number of benzene rings is 1. The number of hydrogen-bond donors (Lipinski definition) is 1. The minimum absolute atomic E-state index is 0.182. The van der Waals surface area contributed by atoms with Crippen LogP contribution in [-0.4, -0.2) is 14.9 Å². The number of nitro groups is 1. The number of nitro benzene ring substituents is 1. The van der Waals surface area contributed by atoms with Crippen molar-refractivity contribution in [3.05, 3.63) is 67.3 Å². The van der Waals surface area contributed by atoms with Crippen LogP contribution >= 0.6 is 11.3 Å². The second-order valence-electron chi connectivity index (χ2n) is 4.84. The monoisotopic (exact) mass is 331 g/mol. The zero-order valence-corrected chi connectivity index (χ0v) is 12.7. The SMILES string of the molecule is C/C(=C/c1ccc([N+](=O)[O-])cc1F)c1nc2sccc2c(=O)[nH]1. The Bertz CT molecular complexity index is 1010. The van der Waals surface area contributed by atoms with Crippen molar-refractivity contribution in [1.82, 2.24) is 9.97 Å². The van der Waals surface area contributed by atoms with Gasteiger partial charge in [0.2, 0.25) is 0 Å². The Kier molecular flexibility index (Phi) is 3.75. The molecule has 0 fully saturated rings. The number of aromatic amines is 1. The van der Waals surface area contributed by atoms with E-state index in [-0.39, 0.29) is 16.8 Å². The molecule has 3 aromatic rings. The number of H-pyrrole nitrogens is 1. The van der Waals surface area contributed by atoms with Crippen molar-refractivity contribution in [2.75, 3.05) is 0 Å². The summed E-state index contributed by atoms with van der Waals surface area (Å²) in [6.07, 6.45) is 1.48. The molecule has 0 saturated heterocycles. The molecule has 2 heterocycles. The van der Waals surface area contributed by atoms with Gasteiger partial charge in [-0.25, -0.2) is 9.37 Å². The summed E-state index contributed by atoms with van der Waals surface area (Å²) < 4.78 is 13.9. The molecule has 0 aliphatic rings. The van der Waals surface area contributed by atoms with Crippen LogP contribution in [0.15, 0.2) is 34.4 Å². The highest BCUT2D eigenvalue weighted by Crippen LogP contribution is 2.22. The maximum atomic E-state index is 13.9. The summed E-state index contributed by atoms with van der Waals surface area (Å²) in [4.78, 5) is 29.5. The summed E-state index contributed by atoms with van der Waals surface area (Å²) in [7, 11) is 0. The topological polar surface area (TPSA) is 88.9 Å². The maximum absolute atomic E-state index is 13.9. The molecule has 6 nitrogen and oxygen atoms in total. The highest BCUT2D eigenvalue weighted by molar-refractivity contribution is 7.16. The molecule has 0 amide bonds. The lowest BCUT2D eigenvalue weighted by Gasteiger charge is -2.03. The van der Waals surface area contributed by atoms with E-state index >= 15 is 0 Å². The molecule has 0 unspecified atom stereocenters. The first kappa shape index (κ1) is 15.0. The Morgan fingerprint density at radius 3 is 2.91 bits per heavy atom. The summed E-state index contributed by atoms with van der Waals surface area (Å²) >= 11 is 1.34. The number of thiophene rings is 1. The van der Waals surface area contributed by atoms with Crippen LogP contribution in [0.1, 0.15) is 18.3 Å². The minimum Gasteiger partial charge on any atom is -0.306 e. The Morgan fingerprint density at radius 2 is 2.22 bits per heavy atom. The van der Waals surface area contributed by atoms with E-state index in [2.05, 4.69) is 9.97 Å². The lowest BCUT2D eigenvalue weighted by molar-refractivity contribution is -0.385. The summed E-state index contributed by atoms with van der Waals surface area (Å²) in [6, 6.07) is 5.09. The van der Waals surface area contributed by atoms with Crippen LogP contribution in [0.4, 0.5) is 10.1 Å². The maximum Gasteiger partial charge on any atom is 0.272 e. The largest absolute Gasteiger partial charge is 0.306 e. The second-order valence-corrected chi connectivity index (χ2v) is 5.74. The predicted octanol–water partition coefficient (Wildman–Crippen LogP) is 3.59. The lowest BCUT2D eigenvalue weighted by Crippen LogP contribution is -2.09. The fourth-order valence-corrected chi connectivity index (χ4v) is 2.86. The van der Waals surface area contributed by atoms with E-state index in [4.69, 9.17) is 0 Å². The average Bonchev–Trinajstić information content (AvgIpc) is 2.98. The molecule has 3 rings (SSSR count). The van der Waals surface area contributed by atoms with Gasteiger partial charge in [0.25, 0.3) is 11.2 Å². The molecular weight excluding hydrogens is 321 g/mol. The molecule has 0 saturated carbocycles. The van der Waals surface area contributed by atoms with Crippen molar-refractivity contribution in [3.63, 3.8) is 0 Å². The number of rotatable bonds is 3. The Hall–Kier alpha value is -2.87. The number of non-ortho nitro benzene ring substituents is 1. The lowest BCUT2D eigenvalue weighted by atomic mass is 10.1. The summed E-state index contributed by atoms with van der Waals surface area (Å²) in [6.45, 7) is 1.68. The van der Waals surface area contributed by atoms with Gasteiger partial charge in [-0.1, -0.05) is 0 Å². The zero-order chi connectivity index (χ0) is 16.6. The molecule has 8 heteroatoms. The van der Waals surface area contributed by atoms with Crippen molar-refractivity contribution < 1.29 is 9.31 Å². The van der Waals surface area contributed by atoms with Crippen LogP contribution in [0.3, 0.4) is 0 Å². The van der Waals surface area contributed by atoms with Gasteiger partial charge in [-0.05, 0) is 36.1 Å². The quantitative estimate of drug-likeness (QED) is 0.586. The third-order valence-electron chi connectivity index (χ3n) is 3.28. The molecule has 0 atom stereocenters. The molecule has 23 heavy (non-hydrogen) atoms. The van der Waals surface area contributed by atoms with Gasteiger partial charge < -0.3 is 4.98 Å². The normalized spacial score (nSPS) is 11.8. The van der Waals surface area contributed by atoms with Crippen molar-refractivity contribution in [3.8, 4) is 0 Å². The molecule has 0 spiro atoms. The highest BCUT2D eigenvalue weighted by Gasteiger charge is 2.11. The van der Waals surface area contributed by atoms with Gasteiger partial charge in [-0.2, -0.15) is 0 Å². The van der Waals surface area contributed by atoms with E-state index in [1.807, 2.05) is 0 Å². The van der Waals surface area contributed by atoms with Crippen molar-refractivity contribution in [2.24, 2.45) is 0 Å². The van der Waals surface area contributed by atoms with Crippen LogP contribution in [0.5, 0.6) is 0 Å². The van der Waals surface area contributed by atoms with Crippen molar-refractivity contribution >= 4 is 38.9 Å². The van der Waals surface area contributed by atoms with Crippen molar-refractivity contribution in [1.29, 1.82) is 0 Å². The van der Waals surface area contributed by atoms with E-state index in [0.717, 1.165) is 6.07 Å². The standard InChI is InChI=1S/C15H10FN3O3S/c1-8(6-9-2-3-10(19(21)22)7-12(9)16)13-17-14(20)11-4-5-23-15(11)18-13/h2-7H,1H3,(H,17,18,20)/b8-6-. The first-order valence-electron chi connectivity index (χ1n) is 6.56. The third-order valence-corrected chi connectivity index (χ3v) is 4.08. The number of allylic oxidation sites excluding steroid dienone is 1. The number of aromatic nitrogens is 2.